The molecule has 2 atom stereocenters. The van der Waals surface area contributed by atoms with E-state index in [1.54, 1.807) is 33.8 Å². The molecular weight excluding hydrogens is 364 g/mol. The first-order chi connectivity index (χ1) is 12.6. The van der Waals surface area contributed by atoms with Crippen molar-refractivity contribution in [3.8, 4) is 0 Å². The van der Waals surface area contributed by atoms with Crippen LogP contribution in [0.2, 0.25) is 0 Å². The molecule has 1 aromatic rings. The van der Waals surface area contributed by atoms with E-state index in [-0.39, 0.29) is 12.2 Å². The molecular formula is C21H28O5S. The van der Waals surface area contributed by atoms with Gasteiger partial charge in [-0.15, -0.1) is 0 Å². The van der Waals surface area contributed by atoms with Gasteiger partial charge in [0, 0.05) is 5.75 Å². The Morgan fingerprint density at radius 1 is 1.15 bits per heavy atom. The smallest absolute Gasteiger partial charge is 0.348 e. The highest BCUT2D eigenvalue weighted by molar-refractivity contribution is 7.98. The number of carbonyl (C=O) groups excluding carboxylic acids is 3. The van der Waals surface area contributed by atoms with Gasteiger partial charge in [0.05, 0.1) is 12.3 Å². The average molecular weight is 393 g/mol. The van der Waals surface area contributed by atoms with Gasteiger partial charge in [0.2, 0.25) is 6.10 Å². The number of hydrogen-bond acceptors (Lipinski definition) is 6. The second kappa shape index (κ2) is 10.9. The van der Waals surface area contributed by atoms with Crippen LogP contribution in [0.1, 0.15) is 39.7 Å². The maximum Gasteiger partial charge on any atom is 0.348 e. The van der Waals surface area contributed by atoms with E-state index in [0.717, 1.165) is 5.56 Å². The summed E-state index contributed by atoms with van der Waals surface area (Å²) < 4.78 is 10.7. The molecule has 0 bridgehead atoms. The van der Waals surface area contributed by atoms with Crippen LogP contribution in [0, 0.1) is 5.92 Å². The lowest BCUT2D eigenvalue weighted by atomic mass is 9.98. The van der Waals surface area contributed by atoms with Crippen LogP contribution in [0.3, 0.4) is 0 Å². The van der Waals surface area contributed by atoms with E-state index >= 15 is 0 Å². The molecule has 0 spiro atoms. The van der Waals surface area contributed by atoms with Gasteiger partial charge in [-0.2, -0.15) is 11.8 Å². The van der Waals surface area contributed by atoms with Crippen LogP contribution in [-0.2, 0) is 23.9 Å². The van der Waals surface area contributed by atoms with Gasteiger partial charge in [-0.25, -0.2) is 4.79 Å². The Balaban J connectivity index is 2.91. The molecule has 0 heterocycles. The number of ether oxygens (including phenoxy) is 2. The second-order valence-electron chi connectivity index (χ2n) is 7.12. The van der Waals surface area contributed by atoms with Gasteiger partial charge in [-0.1, -0.05) is 43.3 Å². The van der Waals surface area contributed by atoms with E-state index in [1.807, 2.05) is 36.6 Å². The number of esters is 2. The van der Waals surface area contributed by atoms with Crippen LogP contribution < -0.4 is 0 Å². The Morgan fingerprint density at radius 3 is 2.33 bits per heavy atom. The third-order valence-corrected chi connectivity index (χ3v) is 4.16. The van der Waals surface area contributed by atoms with E-state index in [2.05, 4.69) is 0 Å². The van der Waals surface area contributed by atoms with Crippen molar-refractivity contribution in [1.82, 2.24) is 0 Å². The molecule has 0 radical (unpaired) electrons. The normalized spacial score (nSPS) is 13.8. The molecule has 0 aliphatic heterocycles. The van der Waals surface area contributed by atoms with Gasteiger partial charge in [0.25, 0.3) is 0 Å². The van der Waals surface area contributed by atoms with E-state index in [0.29, 0.717) is 5.75 Å². The number of carbonyl (C=O) groups is 3. The lowest BCUT2D eigenvalue weighted by Crippen LogP contribution is -2.41. The molecule has 0 N–H and O–H groups in total. The minimum atomic E-state index is -1.27. The molecule has 1 rings (SSSR count). The first-order valence-corrected chi connectivity index (χ1v) is 10.2. The summed E-state index contributed by atoms with van der Waals surface area (Å²) in [4.78, 5) is 37.1. The molecule has 0 amide bonds. The highest BCUT2D eigenvalue weighted by Gasteiger charge is 2.36. The zero-order valence-corrected chi connectivity index (χ0v) is 17.4. The topological polar surface area (TPSA) is 69.7 Å². The summed E-state index contributed by atoms with van der Waals surface area (Å²) in [6.07, 6.45) is 3.83. The van der Waals surface area contributed by atoms with E-state index in [1.165, 1.54) is 17.8 Å². The largest absolute Gasteiger partial charge is 0.457 e. The highest BCUT2D eigenvalue weighted by atomic mass is 32.2. The van der Waals surface area contributed by atoms with Gasteiger partial charge < -0.3 is 9.47 Å². The Hall–Kier alpha value is -2.08. The van der Waals surface area contributed by atoms with E-state index in [9.17, 15) is 14.4 Å². The Kier molecular flexibility index (Phi) is 9.29. The maximum atomic E-state index is 12.5. The molecule has 2 unspecified atom stereocenters. The Labute approximate surface area is 165 Å². The van der Waals surface area contributed by atoms with Crippen molar-refractivity contribution < 1.29 is 23.9 Å². The van der Waals surface area contributed by atoms with Crippen molar-refractivity contribution in [3.05, 3.63) is 42.0 Å². The summed E-state index contributed by atoms with van der Waals surface area (Å²) >= 11 is 1.50. The lowest BCUT2D eigenvalue weighted by molar-refractivity contribution is -0.179. The van der Waals surface area contributed by atoms with Crippen LogP contribution in [0.5, 0.6) is 0 Å². The first-order valence-electron chi connectivity index (χ1n) is 8.82. The van der Waals surface area contributed by atoms with Gasteiger partial charge in [0.1, 0.15) is 5.60 Å². The van der Waals surface area contributed by atoms with Gasteiger partial charge in [-0.05, 0) is 38.7 Å². The molecule has 0 saturated heterocycles. The fourth-order valence-electron chi connectivity index (χ4n) is 2.14. The molecule has 0 fully saturated rings. The molecule has 0 aliphatic carbocycles. The number of thioether (sulfide) groups is 1. The average Bonchev–Trinajstić information content (AvgIpc) is 2.61. The van der Waals surface area contributed by atoms with Crippen molar-refractivity contribution in [1.29, 1.82) is 0 Å². The van der Waals surface area contributed by atoms with Crippen molar-refractivity contribution in [2.75, 3.05) is 12.0 Å². The standard InChI is InChI=1S/C21H28O5S/c1-15(17(22)12-11-16-9-7-6-8-10-16)19(20(24)26-21(2,3)4)25-18(23)13-14-27-5/h6-12,15,19H,13-14H2,1-5H3/b12-11+. The molecule has 0 aromatic heterocycles. The molecule has 27 heavy (non-hydrogen) atoms. The van der Waals surface area contributed by atoms with Crippen LogP contribution in [0.25, 0.3) is 6.08 Å². The summed E-state index contributed by atoms with van der Waals surface area (Å²) in [5.41, 5.74) is 0.118. The summed E-state index contributed by atoms with van der Waals surface area (Å²) in [7, 11) is 0. The minimum Gasteiger partial charge on any atom is -0.457 e. The van der Waals surface area contributed by atoms with Crippen LogP contribution in [-0.4, -0.2) is 41.4 Å². The number of benzene rings is 1. The fraction of sp³-hybridized carbons (Fsp3) is 0.476. The monoisotopic (exact) mass is 392 g/mol. The second-order valence-corrected chi connectivity index (χ2v) is 8.11. The van der Waals surface area contributed by atoms with Crippen molar-refractivity contribution in [2.24, 2.45) is 5.92 Å². The van der Waals surface area contributed by atoms with Gasteiger partial charge in [0.15, 0.2) is 5.78 Å². The molecule has 0 aliphatic rings. The predicted octanol–water partition coefficient (Wildman–Crippen LogP) is 3.91. The number of hydrogen-bond donors (Lipinski definition) is 0. The highest BCUT2D eigenvalue weighted by Crippen LogP contribution is 2.18. The number of ketones is 1. The SMILES string of the molecule is CSCCC(=O)OC(C(=O)OC(C)(C)C)C(C)C(=O)/C=C/c1ccccc1. The lowest BCUT2D eigenvalue weighted by Gasteiger charge is -2.26. The van der Waals surface area contributed by atoms with Crippen LogP contribution >= 0.6 is 11.8 Å². The molecule has 0 saturated carbocycles. The van der Waals surface area contributed by atoms with Crippen molar-refractivity contribution in [3.63, 3.8) is 0 Å². The Bertz CT molecular complexity index is 661. The summed E-state index contributed by atoms with van der Waals surface area (Å²) in [5.74, 6) is -1.82. The first kappa shape index (κ1) is 23.0. The Morgan fingerprint density at radius 2 is 1.78 bits per heavy atom. The zero-order valence-electron chi connectivity index (χ0n) is 16.6. The zero-order chi connectivity index (χ0) is 20.4. The maximum absolute atomic E-state index is 12.5. The van der Waals surface area contributed by atoms with Gasteiger partial charge >= 0.3 is 11.9 Å². The van der Waals surface area contributed by atoms with E-state index < -0.39 is 29.6 Å². The number of rotatable bonds is 9. The van der Waals surface area contributed by atoms with Crippen LogP contribution in [0.15, 0.2) is 36.4 Å². The molecule has 148 valence electrons. The summed E-state index contributed by atoms with van der Waals surface area (Å²) in [6, 6.07) is 9.34. The molecule has 1 aromatic carbocycles. The third kappa shape index (κ3) is 8.91. The van der Waals surface area contributed by atoms with Crippen LogP contribution in [0.4, 0.5) is 0 Å². The third-order valence-electron chi connectivity index (χ3n) is 3.55. The molecule has 6 heteroatoms. The summed E-state index contributed by atoms with van der Waals surface area (Å²) in [5, 5.41) is 0. The minimum absolute atomic E-state index is 0.168. The van der Waals surface area contributed by atoms with Crippen molar-refractivity contribution in [2.45, 2.75) is 45.8 Å². The van der Waals surface area contributed by atoms with Gasteiger partial charge in [-0.3, -0.25) is 9.59 Å². The fourth-order valence-corrected chi connectivity index (χ4v) is 2.51. The summed E-state index contributed by atoms with van der Waals surface area (Å²) in [6.45, 7) is 6.73. The quantitative estimate of drug-likeness (QED) is 0.469. The molecule has 5 nitrogen and oxygen atoms in total. The number of allylic oxidation sites excluding steroid dienone is 1. The van der Waals surface area contributed by atoms with E-state index in [4.69, 9.17) is 9.47 Å². The predicted molar refractivity (Wildman–Crippen MR) is 108 cm³/mol. The van der Waals surface area contributed by atoms with Crippen molar-refractivity contribution >= 4 is 35.6 Å².